The van der Waals surface area contributed by atoms with Crippen molar-refractivity contribution in [1.29, 1.82) is 0 Å². The van der Waals surface area contributed by atoms with Crippen molar-refractivity contribution in [3.8, 4) is 0 Å². The van der Waals surface area contributed by atoms with Crippen LogP contribution in [0.1, 0.15) is 40.0 Å². The molecule has 6 nitrogen and oxygen atoms in total. The van der Waals surface area contributed by atoms with Gasteiger partial charge in [0, 0.05) is 11.0 Å². The van der Waals surface area contributed by atoms with Crippen LogP contribution in [0.25, 0.3) is 0 Å². The third-order valence-corrected chi connectivity index (χ3v) is 9.04. The van der Waals surface area contributed by atoms with Crippen molar-refractivity contribution in [2.75, 3.05) is 6.61 Å². The van der Waals surface area contributed by atoms with E-state index in [-0.39, 0.29) is 35.6 Å². The minimum Gasteiger partial charge on any atom is -0.458 e. The van der Waals surface area contributed by atoms with Gasteiger partial charge in [-0.3, -0.25) is 0 Å². The summed E-state index contributed by atoms with van der Waals surface area (Å²) in [6.07, 6.45) is 2.18. The Morgan fingerprint density at radius 3 is 2.74 bits per heavy atom. The molecule has 0 bridgehead atoms. The topological polar surface area (TPSA) is 84.1 Å². The molecule has 8 atom stereocenters. The van der Waals surface area contributed by atoms with Gasteiger partial charge in [0.1, 0.15) is 30.0 Å². The van der Waals surface area contributed by atoms with Crippen molar-refractivity contribution in [1.82, 2.24) is 0 Å². The first-order valence-electron chi connectivity index (χ1n) is 10.00. The summed E-state index contributed by atoms with van der Waals surface area (Å²) in [5, 5.41) is 10.9. The van der Waals surface area contributed by atoms with E-state index < -0.39 is 22.4 Å². The second-order valence-corrected chi connectivity index (χ2v) is 10.2. The highest BCUT2D eigenvalue weighted by atomic mass is 16.7. The molecule has 4 heterocycles. The fourth-order valence-corrected chi connectivity index (χ4v) is 7.69. The van der Waals surface area contributed by atoms with Crippen LogP contribution >= 0.6 is 0 Å². The lowest BCUT2D eigenvalue weighted by Crippen LogP contribution is -2.65. The molecule has 27 heavy (non-hydrogen) atoms. The molecule has 144 valence electrons. The summed E-state index contributed by atoms with van der Waals surface area (Å²) in [4.78, 5) is 12.1. The van der Waals surface area contributed by atoms with E-state index in [1.54, 1.807) is 13.8 Å². The Hall–Kier alpha value is -1.21. The number of aliphatic hydroxyl groups is 1. The summed E-state index contributed by atoms with van der Waals surface area (Å²) in [6.45, 7) is 10.7. The minimum atomic E-state index is -1.04. The molecule has 6 heteroatoms. The number of carbonyl (C=O) groups excluding carboxylic acids is 1. The molecule has 2 saturated carbocycles. The number of fused-ring (bicyclic) bond motifs is 4. The standard InChI is InChI=1S/C21H24O6/c1-9-19-13(25-19)7-12-11-8-24-16(22)10(11)5-6-18(12,4)21(19)15(27-21)14-20(9,26-14)17(2,3)23/h12-15,23H,1,5-8H2,2-4H3. The van der Waals surface area contributed by atoms with Gasteiger partial charge in [-0.05, 0) is 50.2 Å². The van der Waals surface area contributed by atoms with Crippen LogP contribution < -0.4 is 0 Å². The average molecular weight is 372 g/mol. The highest BCUT2D eigenvalue weighted by Crippen LogP contribution is 2.84. The van der Waals surface area contributed by atoms with E-state index in [9.17, 15) is 9.90 Å². The van der Waals surface area contributed by atoms with E-state index in [1.165, 1.54) is 0 Å². The molecule has 3 saturated heterocycles. The molecular formula is C21H24O6. The van der Waals surface area contributed by atoms with Crippen molar-refractivity contribution in [3.63, 3.8) is 0 Å². The van der Waals surface area contributed by atoms with Crippen LogP contribution in [0.4, 0.5) is 0 Å². The SMILES string of the molecule is C=C1C2(C(C)(C)O)OC2C2OC23C2(C)CCC4=C(COC4=O)C2CC2OC123. The first-order chi connectivity index (χ1) is 12.7. The molecule has 3 aliphatic carbocycles. The van der Waals surface area contributed by atoms with Crippen LogP contribution in [-0.2, 0) is 23.7 Å². The van der Waals surface area contributed by atoms with Crippen LogP contribution in [0.2, 0.25) is 0 Å². The van der Waals surface area contributed by atoms with Gasteiger partial charge in [0.2, 0.25) is 0 Å². The molecule has 0 aromatic rings. The molecule has 4 aliphatic heterocycles. The summed E-state index contributed by atoms with van der Waals surface area (Å²) in [5.74, 6) is 0.0745. The highest BCUT2D eigenvalue weighted by Gasteiger charge is 2.99. The van der Waals surface area contributed by atoms with Gasteiger partial charge in [0.25, 0.3) is 0 Å². The Bertz CT molecular complexity index is 899. The molecule has 1 N–H and O–H groups in total. The fourth-order valence-electron chi connectivity index (χ4n) is 7.69. The van der Waals surface area contributed by atoms with Gasteiger partial charge in [-0.15, -0.1) is 0 Å². The van der Waals surface area contributed by atoms with Crippen LogP contribution in [0, 0.1) is 11.3 Å². The van der Waals surface area contributed by atoms with Gasteiger partial charge in [-0.25, -0.2) is 4.79 Å². The van der Waals surface area contributed by atoms with Gasteiger partial charge in [0.15, 0.2) is 5.60 Å². The smallest absolute Gasteiger partial charge is 0.334 e. The number of hydrogen-bond acceptors (Lipinski definition) is 6. The lowest BCUT2D eigenvalue weighted by molar-refractivity contribution is -0.136. The van der Waals surface area contributed by atoms with E-state index in [2.05, 4.69) is 13.5 Å². The maximum Gasteiger partial charge on any atom is 0.334 e. The molecule has 7 rings (SSSR count). The Labute approximate surface area is 157 Å². The van der Waals surface area contributed by atoms with Crippen molar-refractivity contribution < 1.29 is 28.8 Å². The summed E-state index contributed by atoms with van der Waals surface area (Å²) in [6, 6.07) is 0. The van der Waals surface area contributed by atoms with Gasteiger partial charge in [-0.1, -0.05) is 13.5 Å². The first-order valence-corrected chi connectivity index (χ1v) is 10.00. The van der Waals surface area contributed by atoms with Crippen LogP contribution in [0.15, 0.2) is 23.3 Å². The van der Waals surface area contributed by atoms with Gasteiger partial charge in [-0.2, -0.15) is 0 Å². The number of esters is 1. The Morgan fingerprint density at radius 1 is 1.22 bits per heavy atom. The number of carbonyl (C=O) groups is 1. The molecule has 5 fully saturated rings. The molecule has 7 aliphatic rings. The zero-order chi connectivity index (χ0) is 18.8. The third-order valence-electron chi connectivity index (χ3n) is 9.04. The molecular weight excluding hydrogens is 348 g/mol. The molecule has 0 radical (unpaired) electrons. The molecule has 2 spiro atoms. The zero-order valence-corrected chi connectivity index (χ0v) is 15.8. The Morgan fingerprint density at radius 2 is 2.00 bits per heavy atom. The van der Waals surface area contributed by atoms with Crippen LogP contribution in [0.5, 0.6) is 0 Å². The number of rotatable bonds is 1. The van der Waals surface area contributed by atoms with E-state index in [0.717, 1.165) is 36.0 Å². The summed E-state index contributed by atoms with van der Waals surface area (Å²) >= 11 is 0. The van der Waals surface area contributed by atoms with E-state index >= 15 is 0 Å². The number of ether oxygens (including phenoxy) is 4. The summed E-state index contributed by atoms with van der Waals surface area (Å²) < 4.78 is 24.5. The predicted molar refractivity (Wildman–Crippen MR) is 91.7 cm³/mol. The molecule has 0 aromatic heterocycles. The van der Waals surface area contributed by atoms with Crippen molar-refractivity contribution in [2.45, 2.75) is 80.7 Å². The van der Waals surface area contributed by atoms with E-state index in [0.29, 0.717) is 6.61 Å². The van der Waals surface area contributed by atoms with Crippen LogP contribution in [-0.4, -0.2) is 58.4 Å². The normalized spacial score (nSPS) is 59.0. The summed E-state index contributed by atoms with van der Waals surface area (Å²) in [7, 11) is 0. The van der Waals surface area contributed by atoms with Gasteiger partial charge >= 0.3 is 5.97 Å². The van der Waals surface area contributed by atoms with E-state index in [4.69, 9.17) is 18.9 Å². The number of hydrogen-bond donors (Lipinski definition) is 1. The highest BCUT2D eigenvalue weighted by molar-refractivity contribution is 5.92. The quantitative estimate of drug-likeness (QED) is 0.426. The second-order valence-electron chi connectivity index (χ2n) is 10.2. The average Bonchev–Trinajstić information content (AvgIpc) is 3.46. The second kappa shape index (κ2) is 3.80. The summed E-state index contributed by atoms with van der Waals surface area (Å²) in [5.41, 5.74) is -0.124. The largest absolute Gasteiger partial charge is 0.458 e. The molecule has 0 aromatic carbocycles. The zero-order valence-electron chi connectivity index (χ0n) is 15.8. The van der Waals surface area contributed by atoms with Crippen LogP contribution in [0.3, 0.4) is 0 Å². The van der Waals surface area contributed by atoms with Crippen molar-refractivity contribution >= 4 is 5.97 Å². The minimum absolute atomic E-state index is 0.00000189. The van der Waals surface area contributed by atoms with Crippen molar-refractivity contribution in [2.24, 2.45) is 11.3 Å². The molecule has 8 unspecified atom stereocenters. The lowest BCUT2D eigenvalue weighted by atomic mass is 9.46. The van der Waals surface area contributed by atoms with Gasteiger partial charge in [0.05, 0.1) is 11.7 Å². The Balaban J connectivity index is 1.39. The van der Waals surface area contributed by atoms with Gasteiger partial charge < -0.3 is 24.1 Å². The van der Waals surface area contributed by atoms with Crippen molar-refractivity contribution in [3.05, 3.63) is 23.3 Å². The Kier molecular flexibility index (Phi) is 2.21. The maximum absolute atomic E-state index is 12.1. The lowest BCUT2D eigenvalue weighted by Gasteiger charge is -2.53. The number of epoxide rings is 3. The first kappa shape index (κ1) is 15.7. The third kappa shape index (κ3) is 1.24. The molecule has 0 amide bonds. The predicted octanol–water partition coefficient (Wildman–Crippen LogP) is 1.41. The van der Waals surface area contributed by atoms with E-state index in [1.807, 2.05) is 0 Å². The maximum atomic E-state index is 12.1. The number of cyclic esters (lactones) is 1. The fraction of sp³-hybridized carbons (Fsp3) is 0.762. The monoisotopic (exact) mass is 372 g/mol.